The minimum atomic E-state index is 0. The molecule has 0 spiro atoms. The van der Waals surface area contributed by atoms with Crippen molar-refractivity contribution in [2.45, 2.75) is 13.3 Å². The van der Waals surface area contributed by atoms with Crippen molar-refractivity contribution in [1.82, 2.24) is 0 Å². The molecule has 0 aliphatic carbocycles. The predicted octanol–water partition coefficient (Wildman–Crippen LogP) is 0.314. The molecule has 0 rings (SSSR count). The maximum atomic E-state index is 3.49. The first-order valence-corrected chi connectivity index (χ1v) is 1.21. The van der Waals surface area contributed by atoms with Gasteiger partial charge in [0.15, 0.2) is 0 Å². The Morgan fingerprint density at radius 2 is 1.75 bits per heavy atom. The summed E-state index contributed by atoms with van der Waals surface area (Å²) < 4.78 is 0. The van der Waals surface area contributed by atoms with Crippen LogP contribution in [-0.2, 0) is 0 Å². The van der Waals surface area contributed by atoms with E-state index < -0.39 is 0 Å². The molecule has 0 unspecified atom stereocenters. The number of rotatable bonds is 0. The third-order valence-corrected chi connectivity index (χ3v) is 0. The standard InChI is InChI=1S/C3H7.Pb.2H/c1-3-2;;;/h1,3H2,2H3;;;. The predicted molar refractivity (Wildman–Crippen MR) is 24.2 cm³/mol. The van der Waals surface area contributed by atoms with Crippen LogP contribution >= 0.6 is 0 Å². The quantitative estimate of drug-likeness (QED) is 0.545. The fourth-order valence-electron chi connectivity index (χ4n) is 0. The molecule has 0 amide bonds. The molecule has 0 saturated heterocycles. The first kappa shape index (κ1) is 8.87. The van der Waals surface area contributed by atoms with E-state index in [1.807, 2.05) is 6.92 Å². The van der Waals surface area contributed by atoms with Crippen molar-refractivity contribution in [3.05, 3.63) is 6.92 Å². The van der Waals surface area contributed by atoms with E-state index in [2.05, 4.69) is 6.92 Å². The van der Waals surface area contributed by atoms with Crippen molar-refractivity contribution in [3.63, 3.8) is 0 Å². The molecule has 4 heavy (non-hydrogen) atoms. The molecule has 0 saturated carbocycles. The first-order valence-electron chi connectivity index (χ1n) is 1.21. The van der Waals surface area contributed by atoms with Crippen LogP contribution in [0.25, 0.3) is 0 Å². The topological polar surface area (TPSA) is 0 Å². The van der Waals surface area contributed by atoms with E-state index in [1.165, 1.54) is 0 Å². The minimum absolute atomic E-state index is 0. The summed E-state index contributed by atoms with van der Waals surface area (Å²) in [6.45, 7) is 5.50. The van der Waals surface area contributed by atoms with Crippen molar-refractivity contribution >= 4 is 27.3 Å². The van der Waals surface area contributed by atoms with E-state index in [0.717, 1.165) is 6.42 Å². The fraction of sp³-hybridized carbons (Fsp3) is 0.667. The molecular weight excluding hydrogens is 243 g/mol. The van der Waals surface area contributed by atoms with Crippen LogP contribution in [-0.4, -0.2) is 27.3 Å². The summed E-state index contributed by atoms with van der Waals surface area (Å²) in [6, 6.07) is 0. The Balaban J connectivity index is 0. The monoisotopic (exact) mass is 253 g/mol. The number of hydrogen-bond donors (Lipinski definition) is 0. The van der Waals surface area contributed by atoms with E-state index in [0.29, 0.717) is 0 Å². The summed E-state index contributed by atoms with van der Waals surface area (Å²) >= 11 is 0. The van der Waals surface area contributed by atoms with Crippen LogP contribution in [0.15, 0.2) is 0 Å². The third-order valence-electron chi connectivity index (χ3n) is 0. The van der Waals surface area contributed by atoms with Crippen LogP contribution in [0.3, 0.4) is 0 Å². The molecule has 0 atom stereocenters. The summed E-state index contributed by atoms with van der Waals surface area (Å²) in [4.78, 5) is 0. The Bertz CT molecular complexity index is 3.25. The van der Waals surface area contributed by atoms with Crippen LogP contribution in [0.5, 0.6) is 0 Å². The zero-order valence-corrected chi connectivity index (χ0v) is 8.62. The van der Waals surface area contributed by atoms with Crippen molar-refractivity contribution < 1.29 is 0 Å². The first-order chi connectivity index (χ1) is 1.41. The van der Waals surface area contributed by atoms with Gasteiger partial charge in [0, 0.05) is 0 Å². The number of hydrogen-bond acceptors (Lipinski definition) is 0. The Morgan fingerprint density at radius 3 is 1.75 bits per heavy atom. The molecule has 0 nitrogen and oxygen atoms in total. The van der Waals surface area contributed by atoms with Gasteiger partial charge in [0.1, 0.15) is 0 Å². The molecule has 0 heterocycles. The van der Waals surface area contributed by atoms with Crippen molar-refractivity contribution in [1.29, 1.82) is 0 Å². The second kappa shape index (κ2) is 9.06. The summed E-state index contributed by atoms with van der Waals surface area (Å²) in [5.74, 6) is 0. The Kier molecular flexibility index (Phi) is 20.1. The van der Waals surface area contributed by atoms with Gasteiger partial charge in [-0.15, -0.1) is 0 Å². The van der Waals surface area contributed by atoms with Crippen LogP contribution in [0.2, 0.25) is 0 Å². The zero-order chi connectivity index (χ0) is 2.71. The third kappa shape index (κ3) is 12.7. The molecule has 25 valence electrons. The van der Waals surface area contributed by atoms with Crippen molar-refractivity contribution in [2.75, 3.05) is 0 Å². The molecule has 0 aromatic heterocycles. The van der Waals surface area contributed by atoms with E-state index in [1.54, 1.807) is 0 Å². The molecule has 0 aliphatic heterocycles. The fourth-order valence-corrected chi connectivity index (χ4v) is 0. The van der Waals surface area contributed by atoms with Crippen LogP contribution in [0.1, 0.15) is 13.3 Å². The second-order valence-corrected chi connectivity index (χ2v) is 0.500. The van der Waals surface area contributed by atoms with Crippen LogP contribution in [0.4, 0.5) is 0 Å². The van der Waals surface area contributed by atoms with E-state index >= 15 is 0 Å². The van der Waals surface area contributed by atoms with Gasteiger partial charge in [-0.1, -0.05) is 20.3 Å². The van der Waals surface area contributed by atoms with Gasteiger partial charge in [0.2, 0.25) is 0 Å². The van der Waals surface area contributed by atoms with Gasteiger partial charge in [0.05, 0.1) is 0 Å². The zero-order valence-electron chi connectivity index (χ0n) is 3.12. The average molecular weight is 252 g/mol. The Labute approximate surface area is 47.8 Å². The molecule has 3 radical (unpaired) electrons. The van der Waals surface area contributed by atoms with Gasteiger partial charge < -0.3 is 0 Å². The molecule has 0 aromatic carbocycles. The van der Waals surface area contributed by atoms with Gasteiger partial charge in [0.25, 0.3) is 0 Å². The molecule has 0 aliphatic rings. The summed E-state index contributed by atoms with van der Waals surface area (Å²) in [5, 5.41) is 0. The SMILES string of the molecule is [CH2]CC.[PbH2]. The summed E-state index contributed by atoms with van der Waals surface area (Å²) in [5.41, 5.74) is 0. The van der Waals surface area contributed by atoms with Gasteiger partial charge in [-0.05, 0) is 0 Å². The summed E-state index contributed by atoms with van der Waals surface area (Å²) in [6.07, 6.45) is 1.00. The van der Waals surface area contributed by atoms with Gasteiger partial charge >= 0.3 is 27.3 Å². The van der Waals surface area contributed by atoms with E-state index in [-0.39, 0.29) is 27.3 Å². The normalized spacial score (nSPS) is 4.50. The van der Waals surface area contributed by atoms with E-state index in [9.17, 15) is 0 Å². The van der Waals surface area contributed by atoms with Crippen LogP contribution in [0, 0.1) is 6.92 Å². The van der Waals surface area contributed by atoms with Gasteiger partial charge in [-0.3, -0.25) is 0 Å². The molecule has 1 heteroatoms. The van der Waals surface area contributed by atoms with Crippen molar-refractivity contribution in [3.8, 4) is 0 Å². The van der Waals surface area contributed by atoms with Crippen LogP contribution < -0.4 is 0 Å². The average Bonchev–Trinajstić information content (AvgIpc) is 0.918. The van der Waals surface area contributed by atoms with E-state index in [4.69, 9.17) is 0 Å². The molecule has 0 N–H and O–H groups in total. The maximum absolute atomic E-state index is 3.49. The Hall–Kier alpha value is 0.922. The second-order valence-electron chi connectivity index (χ2n) is 0.500. The van der Waals surface area contributed by atoms with Gasteiger partial charge in [-0.2, -0.15) is 0 Å². The van der Waals surface area contributed by atoms with Gasteiger partial charge in [-0.25, -0.2) is 0 Å². The summed E-state index contributed by atoms with van der Waals surface area (Å²) in [7, 11) is 0. The molecule has 0 bridgehead atoms. The molecule has 0 aromatic rings. The molecular formula is C3H9Pb. The van der Waals surface area contributed by atoms with Crippen molar-refractivity contribution in [2.24, 2.45) is 0 Å². The molecule has 0 fully saturated rings. The Morgan fingerprint density at radius 1 is 1.75 bits per heavy atom.